The lowest BCUT2D eigenvalue weighted by molar-refractivity contribution is -0.758. The van der Waals surface area contributed by atoms with E-state index in [0.29, 0.717) is 18.0 Å². The SMILES string of the molecule is CC(C)NCC(O)COc1ccc(NC(=O)CC(C#N)CO[N+](=O)[O-])cc1. The summed E-state index contributed by atoms with van der Waals surface area (Å²) in [5.74, 6) is -0.845. The normalized spacial score (nSPS) is 12.7. The molecule has 10 nitrogen and oxygen atoms in total. The van der Waals surface area contributed by atoms with Crippen molar-refractivity contribution in [2.24, 2.45) is 5.92 Å². The number of aliphatic hydroxyl groups is 1. The van der Waals surface area contributed by atoms with Gasteiger partial charge >= 0.3 is 0 Å². The Morgan fingerprint density at radius 1 is 1.33 bits per heavy atom. The molecule has 0 fully saturated rings. The van der Waals surface area contributed by atoms with Crippen LogP contribution in [0, 0.1) is 27.4 Å². The zero-order valence-electron chi connectivity index (χ0n) is 15.3. The summed E-state index contributed by atoms with van der Waals surface area (Å²) in [4.78, 5) is 26.1. The summed E-state index contributed by atoms with van der Waals surface area (Å²) >= 11 is 0. The third-order valence-corrected chi connectivity index (χ3v) is 3.34. The topological polar surface area (TPSA) is 147 Å². The van der Waals surface area contributed by atoms with E-state index in [-0.39, 0.29) is 19.1 Å². The second kappa shape index (κ2) is 11.7. The molecule has 0 spiro atoms. The first-order valence-corrected chi connectivity index (χ1v) is 8.41. The fourth-order valence-electron chi connectivity index (χ4n) is 1.99. The zero-order chi connectivity index (χ0) is 20.2. The third kappa shape index (κ3) is 9.98. The summed E-state index contributed by atoms with van der Waals surface area (Å²) in [6, 6.07) is 8.55. The summed E-state index contributed by atoms with van der Waals surface area (Å²) in [6.07, 6.45) is -0.867. The molecule has 0 aliphatic carbocycles. The second-order valence-electron chi connectivity index (χ2n) is 6.15. The number of anilines is 1. The maximum absolute atomic E-state index is 11.9. The average molecular weight is 380 g/mol. The number of benzene rings is 1. The van der Waals surface area contributed by atoms with E-state index >= 15 is 0 Å². The lowest BCUT2D eigenvalue weighted by Crippen LogP contribution is -2.35. The van der Waals surface area contributed by atoms with Crippen LogP contribution in [0.1, 0.15) is 20.3 Å². The van der Waals surface area contributed by atoms with Crippen molar-refractivity contribution in [3.8, 4) is 11.8 Å². The largest absolute Gasteiger partial charge is 0.491 e. The first-order chi connectivity index (χ1) is 12.8. The van der Waals surface area contributed by atoms with Gasteiger partial charge in [0.2, 0.25) is 5.91 Å². The van der Waals surface area contributed by atoms with Gasteiger partial charge in [0.1, 0.15) is 25.1 Å². The van der Waals surface area contributed by atoms with Gasteiger partial charge in [-0.1, -0.05) is 13.8 Å². The van der Waals surface area contributed by atoms with Crippen molar-refractivity contribution in [2.45, 2.75) is 32.4 Å². The van der Waals surface area contributed by atoms with Gasteiger partial charge in [0.05, 0.1) is 12.0 Å². The van der Waals surface area contributed by atoms with Crippen LogP contribution in [0.3, 0.4) is 0 Å². The smallest absolute Gasteiger partial charge is 0.294 e. The molecule has 0 bridgehead atoms. The molecule has 2 unspecified atom stereocenters. The Morgan fingerprint density at radius 3 is 2.56 bits per heavy atom. The highest BCUT2D eigenvalue weighted by Crippen LogP contribution is 2.16. The van der Waals surface area contributed by atoms with Crippen molar-refractivity contribution in [1.29, 1.82) is 5.26 Å². The van der Waals surface area contributed by atoms with Crippen LogP contribution >= 0.6 is 0 Å². The number of ether oxygens (including phenoxy) is 1. The molecule has 0 aromatic heterocycles. The van der Waals surface area contributed by atoms with E-state index in [9.17, 15) is 20.0 Å². The number of nitriles is 1. The minimum atomic E-state index is -1.00. The Labute approximate surface area is 157 Å². The van der Waals surface area contributed by atoms with Crippen LogP contribution < -0.4 is 15.4 Å². The molecule has 1 aromatic rings. The number of rotatable bonds is 12. The second-order valence-corrected chi connectivity index (χ2v) is 6.15. The fourth-order valence-corrected chi connectivity index (χ4v) is 1.99. The molecule has 27 heavy (non-hydrogen) atoms. The highest BCUT2D eigenvalue weighted by atomic mass is 16.9. The van der Waals surface area contributed by atoms with Gasteiger partial charge in [-0.15, -0.1) is 10.1 Å². The Bertz CT molecular complexity index is 644. The van der Waals surface area contributed by atoms with Crippen LogP contribution in [-0.2, 0) is 9.63 Å². The maximum atomic E-state index is 11.9. The van der Waals surface area contributed by atoms with Crippen molar-refractivity contribution < 1.29 is 24.6 Å². The maximum Gasteiger partial charge on any atom is 0.294 e. The molecule has 10 heteroatoms. The van der Waals surface area contributed by atoms with Gasteiger partial charge in [0, 0.05) is 24.7 Å². The van der Waals surface area contributed by atoms with E-state index in [0.717, 1.165) is 0 Å². The summed E-state index contributed by atoms with van der Waals surface area (Å²) < 4.78 is 5.47. The summed E-state index contributed by atoms with van der Waals surface area (Å²) in [5, 5.41) is 33.5. The average Bonchev–Trinajstić information content (AvgIpc) is 2.62. The Kier molecular flexibility index (Phi) is 9.57. The van der Waals surface area contributed by atoms with Crippen LogP contribution in [0.25, 0.3) is 0 Å². The molecule has 0 heterocycles. The monoisotopic (exact) mass is 380 g/mol. The van der Waals surface area contributed by atoms with E-state index in [2.05, 4.69) is 15.5 Å². The number of carbonyl (C=O) groups is 1. The van der Waals surface area contributed by atoms with Crippen molar-refractivity contribution >= 4 is 11.6 Å². The van der Waals surface area contributed by atoms with E-state index < -0.39 is 29.6 Å². The highest BCUT2D eigenvalue weighted by molar-refractivity contribution is 5.91. The zero-order valence-corrected chi connectivity index (χ0v) is 15.3. The van der Waals surface area contributed by atoms with Gasteiger partial charge in [-0.05, 0) is 24.3 Å². The van der Waals surface area contributed by atoms with Gasteiger partial charge in [0.25, 0.3) is 5.09 Å². The van der Waals surface area contributed by atoms with E-state index in [1.807, 2.05) is 13.8 Å². The van der Waals surface area contributed by atoms with Crippen LogP contribution in [0.15, 0.2) is 24.3 Å². The molecule has 2 atom stereocenters. The number of amides is 1. The van der Waals surface area contributed by atoms with Crippen LogP contribution in [-0.4, -0.2) is 48.0 Å². The van der Waals surface area contributed by atoms with Gasteiger partial charge in [-0.25, -0.2) is 0 Å². The molecule has 0 aliphatic heterocycles. The quantitative estimate of drug-likeness (QED) is 0.361. The minimum absolute atomic E-state index is 0.131. The first kappa shape index (κ1) is 22.1. The van der Waals surface area contributed by atoms with Crippen LogP contribution in [0.2, 0.25) is 0 Å². The molecule has 3 N–H and O–H groups in total. The molecule has 1 rings (SSSR count). The molecule has 1 amide bonds. The Hall–Kier alpha value is -2.90. The molecule has 0 saturated carbocycles. The van der Waals surface area contributed by atoms with Gasteiger partial charge in [-0.2, -0.15) is 5.26 Å². The van der Waals surface area contributed by atoms with Gasteiger partial charge in [0.15, 0.2) is 0 Å². The number of nitrogens with one attached hydrogen (secondary N) is 2. The Morgan fingerprint density at radius 2 is 2.00 bits per heavy atom. The molecule has 0 aliphatic rings. The van der Waals surface area contributed by atoms with Crippen LogP contribution in [0.4, 0.5) is 5.69 Å². The number of aliphatic hydroxyl groups excluding tert-OH is 1. The number of carbonyl (C=O) groups excluding carboxylic acids is 1. The molecular formula is C17H24N4O6. The fraction of sp³-hybridized carbons (Fsp3) is 0.529. The number of hydrogen-bond acceptors (Lipinski definition) is 8. The lowest BCUT2D eigenvalue weighted by Gasteiger charge is -2.15. The Balaban J connectivity index is 2.41. The van der Waals surface area contributed by atoms with Gasteiger partial charge in [-0.3, -0.25) is 4.79 Å². The molecule has 148 valence electrons. The van der Waals surface area contributed by atoms with E-state index in [1.165, 1.54) is 0 Å². The van der Waals surface area contributed by atoms with Crippen molar-refractivity contribution in [3.63, 3.8) is 0 Å². The minimum Gasteiger partial charge on any atom is -0.491 e. The molecular weight excluding hydrogens is 356 g/mol. The molecule has 1 aromatic carbocycles. The van der Waals surface area contributed by atoms with E-state index in [1.54, 1.807) is 30.3 Å². The molecule has 0 saturated heterocycles. The number of hydrogen-bond donors (Lipinski definition) is 3. The molecule has 0 radical (unpaired) electrons. The van der Waals surface area contributed by atoms with Crippen LogP contribution in [0.5, 0.6) is 5.75 Å². The highest BCUT2D eigenvalue weighted by Gasteiger charge is 2.15. The van der Waals surface area contributed by atoms with Crippen molar-refractivity contribution in [2.75, 3.05) is 25.1 Å². The van der Waals surface area contributed by atoms with Crippen molar-refractivity contribution in [3.05, 3.63) is 34.4 Å². The van der Waals surface area contributed by atoms with Gasteiger partial charge < -0.3 is 25.3 Å². The summed E-state index contributed by atoms with van der Waals surface area (Å²) in [6.45, 7) is 4.05. The summed E-state index contributed by atoms with van der Waals surface area (Å²) in [5.41, 5.74) is 0.487. The standard InChI is InChI=1S/C17H24N4O6/c1-12(2)19-9-15(22)11-26-16-5-3-14(4-6-16)20-17(23)7-13(8-18)10-27-21(24)25/h3-6,12-13,15,19,22H,7,9-11H2,1-2H3,(H,20,23). The van der Waals surface area contributed by atoms with E-state index in [4.69, 9.17) is 10.00 Å². The van der Waals surface area contributed by atoms with Crippen molar-refractivity contribution in [1.82, 2.24) is 5.32 Å². The summed E-state index contributed by atoms with van der Waals surface area (Å²) in [7, 11) is 0. The predicted octanol–water partition coefficient (Wildman–Crippen LogP) is 1.10. The first-order valence-electron chi connectivity index (χ1n) is 8.41. The lowest BCUT2D eigenvalue weighted by atomic mass is 10.1. The predicted molar refractivity (Wildman–Crippen MR) is 96.4 cm³/mol. The third-order valence-electron chi connectivity index (χ3n) is 3.34. The number of nitrogens with zero attached hydrogens (tertiary/aromatic N) is 2.